The summed E-state index contributed by atoms with van der Waals surface area (Å²) < 4.78 is 2.09. The highest BCUT2D eigenvalue weighted by atomic mass is 15.3. The second-order valence-corrected chi connectivity index (χ2v) is 5.04. The summed E-state index contributed by atoms with van der Waals surface area (Å²) in [6, 6.07) is 6.37. The number of nitrogens with zero attached hydrogens (tertiary/aromatic N) is 5. The van der Waals surface area contributed by atoms with Gasteiger partial charge in [-0.2, -0.15) is 4.98 Å². The molecule has 0 N–H and O–H groups in total. The normalized spacial score (nSPS) is 11.4. The van der Waals surface area contributed by atoms with Gasteiger partial charge in [0.05, 0.1) is 5.52 Å². The van der Waals surface area contributed by atoms with Crippen molar-refractivity contribution >= 4 is 28.0 Å². The maximum Gasteiger partial charge on any atom is 0.247 e. The summed E-state index contributed by atoms with van der Waals surface area (Å²) in [6.07, 6.45) is 0. The molecule has 0 aliphatic carbocycles. The van der Waals surface area contributed by atoms with Gasteiger partial charge in [0.2, 0.25) is 5.95 Å². The predicted octanol–water partition coefficient (Wildman–Crippen LogP) is 2.67. The molecule has 3 rings (SSSR count). The average molecular weight is 269 g/mol. The maximum absolute atomic E-state index is 4.70. The van der Waals surface area contributed by atoms with Gasteiger partial charge in [0.15, 0.2) is 5.65 Å². The molecule has 1 aromatic carbocycles. The van der Waals surface area contributed by atoms with E-state index in [1.54, 1.807) is 0 Å². The molecule has 5 heteroatoms. The van der Waals surface area contributed by atoms with E-state index in [0.29, 0.717) is 5.95 Å². The van der Waals surface area contributed by atoms with Gasteiger partial charge in [0.1, 0.15) is 5.52 Å². The fraction of sp³-hybridized carbons (Fsp3) is 0.400. The zero-order valence-corrected chi connectivity index (χ0v) is 12.4. The number of fused-ring (bicyclic) bond motifs is 3. The minimum Gasteiger partial charge on any atom is -0.340 e. The van der Waals surface area contributed by atoms with Crippen molar-refractivity contribution in [2.24, 2.45) is 7.05 Å². The van der Waals surface area contributed by atoms with Crippen LogP contribution in [0.1, 0.15) is 19.4 Å². The quantitative estimate of drug-likeness (QED) is 0.733. The van der Waals surface area contributed by atoms with Crippen molar-refractivity contribution in [3.8, 4) is 0 Å². The summed E-state index contributed by atoms with van der Waals surface area (Å²) in [5, 5.41) is 9.83. The smallest absolute Gasteiger partial charge is 0.247 e. The molecule has 3 aromatic rings. The molecule has 0 aliphatic rings. The van der Waals surface area contributed by atoms with Crippen LogP contribution in [-0.2, 0) is 7.05 Å². The number of anilines is 1. The number of hydrogen-bond acceptors (Lipinski definition) is 4. The minimum atomic E-state index is 0.699. The fourth-order valence-electron chi connectivity index (χ4n) is 2.60. The van der Waals surface area contributed by atoms with Crippen LogP contribution >= 0.6 is 0 Å². The van der Waals surface area contributed by atoms with E-state index in [4.69, 9.17) is 4.98 Å². The van der Waals surface area contributed by atoms with E-state index < -0.39 is 0 Å². The lowest BCUT2D eigenvalue weighted by Gasteiger charge is -2.17. The molecule has 0 spiro atoms. The highest BCUT2D eigenvalue weighted by Crippen LogP contribution is 2.26. The third kappa shape index (κ3) is 1.81. The Morgan fingerprint density at radius 2 is 1.90 bits per heavy atom. The van der Waals surface area contributed by atoms with Crippen LogP contribution in [0.15, 0.2) is 18.2 Å². The van der Waals surface area contributed by atoms with E-state index in [1.165, 1.54) is 5.56 Å². The summed E-state index contributed by atoms with van der Waals surface area (Å²) in [6.45, 7) is 8.05. The Morgan fingerprint density at radius 1 is 1.15 bits per heavy atom. The first-order valence-electron chi connectivity index (χ1n) is 7.00. The third-order valence-corrected chi connectivity index (χ3v) is 3.79. The van der Waals surface area contributed by atoms with Gasteiger partial charge in [0, 0.05) is 25.5 Å². The first kappa shape index (κ1) is 12.8. The van der Waals surface area contributed by atoms with Gasteiger partial charge in [-0.15, -0.1) is 10.2 Å². The molecule has 0 saturated heterocycles. The molecule has 0 unspecified atom stereocenters. The van der Waals surface area contributed by atoms with Crippen LogP contribution in [0.5, 0.6) is 0 Å². The van der Waals surface area contributed by atoms with E-state index in [0.717, 1.165) is 35.2 Å². The second-order valence-electron chi connectivity index (χ2n) is 5.04. The lowest BCUT2D eigenvalue weighted by Crippen LogP contribution is -2.24. The Morgan fingerprint density at radius 3 is 2.60 bits per heavy atom. The average Bonchev–Trinajstić information content (AvgIpc) is 2.73. The molecule has 5 nitrogen and oxygen atoms in total. The van der Waals surface area contributed by atoms with Gasteiger partial charge in [-0.3, -0.25) is 0 Å². The van der Waals surface area contributed by atoms with Crippen molar-refractivity contribution in [2.75, 3.05) is 18.0 Å². The zero-order chi connectivity index (χ0) is 14.3. The number of hydrogen-bond donors (Lipinski definition) is 0. The van der Waals surface area contributed by atoms with E-state index in [-0.39, 0.29) is 0 Å². The summed E-state index contributed by atoms with van der Waals surface area (Å²) in [4.78, 5) is 6.81. The molecule has 0 radical (unpaired) electrons. The highest BCUT2D eigenvalue weighted by Gasteiger charge is 2.14. The molecule has 0 aliphatic heterocycles. The van der Waals surface area contributed by atoms with Crippen LogP contribution in [0, 0.1) is 6.92 Å². The number of aromatic nitrogens is 4. The lowest BCUT2D eigenvalue weighted by molar-refractivity contribution is 0.800. The standard InChI is InChI=1S/C15H19N5/c1-5-20(6-2)15-16-14-13(17-18-15)11-9-10(3)7-8-12(11)19(14)4/h7-9H,5-6H2,1-4H3. The molecule has 0 amide bonds. The summed E-state index contributed by atoms with van der Waals surface area (Å²) in [7, 11) is 2.03. The third-order valence-electron chi connectivity index (χ3n) is 3.79. The van der Waals surface area contributed by atoms with Gasteiger partial charge in [-0.1, -0.05) is 11.6 Å². The SMILES string of the molecule is CCN(CC)c1nnc2c3cc(C)ccc3n(C)c2n1. The maximum atomic E-state index is 4.70. The van der Waals surface area contributed by atoms with E-state index in [9.17, 15) is 0 Å². The van der Waals surface area contributed by atoms with Crippen LogP contribution in [0.3, 0.4) is 0 Å². The van der Waals surface area contributed by atoms with Crippen LogP contribution in [0.4, 0.5) is 5.95 Å². The van der Waals surface area contributed by atoms with Crippen molar-refractivity contribution in [2.45, 2.75) is 20.8 Å². The highest BCUT2D eigenvalue weighted by molar-refractivity contribution is 6.04. The van der Waals surface area contributed by atoms with Crippen LogP contribution in [-0.4, -0.2) is 32.8 Å². The van der Waals surface area contributed by atoms with Crippen molar-refractivity contribution in [3.63, 3.8) is 0 Å². The Kier molecular flexibility index (Phi) is 3.04. The Hall–Kier alpha value is -2.17. The summed E-state index contributed by atoms with van der Waals surface area (Å²) in [5.74, 6) is 0.699. The first-order valence-corrected chi connectivity index (χ1v) is 7.00. The molecular formula is C15H19N5. The van der Waals surface area contributed by atoms with Gasteiger partial charge in [-0.05, 0) is 32.9 Å². The van der Waals surface area contributed by atoms with Crippen LogP contribution in [0.25, 0.3) is 22.1 Å². The molecule has 0 saturated carbocycles. The molecule has 20 heavy (non-hydrogen) atoms. The Balaban J connectivity index is 2.30. The van der Waals surface area contributed by atoms with Crippen LogP contribution in [0.2, 0.25) is 0 Å². The zero-order valence-electron chi connectivity index (χ0n) is 12.4. The monoisotopic (exact) mass is 269 g/mol. The summed E-state index contributed by atoms with van der Waals surface area (Å²) >= 11 is 0. The van der Waals surface area contributed by atoms with E-state index in [1.807, 2.05) is 7.05 Å². The van der Waals surface area contributed by atoms with Crippen molar-refractivity contribution in [3.05, 3.63) is 23.8 Å². The van der Waals surface area contributed by atoms with Gasteiger partial charge in [0.25, 0.3) is 0 Å². The number of benzene rings is 1. The molecule has 2 aromatic heterocycles. The van der Waals surface area contributed by atoms with Gasteiger partial charge < -0.3 is 9.47 Å². The first-order chi connectivity index (χ1) is 9.65. The van der Waals surface area contributed by atoms with Gasteiger partial charge >= 0.3 is 0 Å². The topological polar surface area (TPSA) is 46.8 Å². The number of rotatable bonds is 3. The second kappa shape index (κ2) is 4.74. The molecule has 0 bridgehead atoms. The Bertz CT molecular complexity index is 771. The van der Waals surface area contributed by atoms with Crippen molar-refractivity contribution in [1.82, 2.24) is 19.7 Å². The molecule has 104 valence electrons. The molecule has 2 heterocycles. The lowest BCUT2D eigenvalue weighted by atomic mass is 10.2. The molecule has 0 fully saturated rings. The largest absolute Gasteiger partial charge is 0.340 e. The van der Waals surface area contributed by atoms with Crippen molar-refractivity contribution < 1.29 is 0 Å². The molecule has 0 atom stereocenters. The van der Waals surface area contributed by atoms with E-state index >= 15 is 0 Å². The van der Waals surface area contributed by atoms with Crippen LogP contribution < -0.4 is 4.90 Å². The van der Waals surface area contributed by atoms with E-state index in [2.05, 4.69) is 58.6 Å². The number of aryl methyl sites for hydroxylation is 2. The molecular weight excluding hydrogens is 250 g/mol. The minimum absolute atomic E-state index is 0.699. The van der Waals surface area contributed by atoms with Gasteiger partial charge in [-0.25, -0.2) is 0 Å². The predicted molar refractivity (Wildman–Crippen MR) is 82.1 cm³/mol. The Labute approximate surface area is 118 Å². The summed E-state index contributed by atoms with van der Waals surface area (Å²) in [5.41, 5.74) is 4.13. The fourth-order valence-corrected chi connectivity index (χ4v) is 2.60. The van der Waals surface area contributed by atoms with Crippen molar-refractivity contribution in [1.29, 1.82) is 0 Å².